The van der Waals surface area contributed by atoms with Crippen LogP contribution in [0.15, 0.2) is 48.5 Å². The van der Waals surface area contributed by atoms with Gasteiger partial charge in [-0.1, -0.05) is 67.8 Å². The predicted molar refractivity (Wildman–Crippen MR) is 171 cm³/mol. The largest absolute Gasteiger partial charge is 0.492 e. The van der Waals surface area contributed by atoms with Gasteiger partial charge >= 0.3 is 0 Å². The van der Waals surface area contributed by atoms with E-state index in [0.29, 0.717) is 32.5 Å². The van der Waals surface area contributed by atoms with Gasteiger partial charge in [0.25, 0.3) is 0 Å². The molecule has 9 nitrogen and oxygen atoms in total. The molecule has 0 fully saturated rings. The maximum absolute atomic E-state index is 12.1. The minimum Gasteiger partial charge on any atom is -0.492 e. The molecule has 0 saturated carbocycles. The van der Waals surface area contributed by atoms with E-state index in [1.54, 1.807) is 20.9 Å². The molecule has 236 valence electrons. The van der Waals surface area contributed by atoms with Gasteiger partial charge in [-0.3, -0.25) is 14.4 Å². The number of hydrogen-bond acceptors (Lipinski definition) is 6. The zero-order chi connectivity index (χ0) is 32.0. The molecular weight excluding hydrogens is 556 g/mol. The van der Waals surface area contributed by atoms with Gasteiger partial charge in [0.1, 0.15) is 12.4 Å². The van der Waals surface area contributed by atoms with Gasteiger partial charge in [0.05, 0.1) is 11.6 Å². The number of aryl methyl sites for hydroxylation is 2. The average molecular weight is 607 g/mol. The summed E-state index contributed by atoms with van der Waals surface area (Å²) in [5.74, 6) is 1.03. The summed E-state index contributed by atoms with van der Waals surface area (Å²) in [5, 5.41) is 19.4. The molecule has 2 aromatic carbocycles. The first-order chi connectivity index (χ1) is 19.9. The van der Waals surface area contributed by atoms with Gasteiger partial charge in [0.15, 0.2) is 0 Å². The summed E-state index contributed by atoms with van der Waals surface area (Å²) in [6.07, 6.45) is 3.54. The van der Waals surface area contributed by atoms with Crippen LogP contribution in [0.1, 0.15) is 64.5 Å². The van der Waals surface area contributed by atoms with Gasteiger partial charge in [-0.15, -0.1) is 0 Å². The monoisotopic (exact) mass is 606 g/mol. The van der Waals surface area contributed by atoms with Crippen molar-refractivity contribution in [2.75, 3.05) is 26.7 Å². The Morgan fingerprint density at radius 3 is 2.29 bits per heavy atom. The molecule has 2 unspecified atom stereocenters. The number of rotatable bonds is 15. The highest BCUT2D eigenvalue weighted by atomic mass is 35.5. The van der Waals surface area contributed by atoms with Crippen molar-refractivity contribution in [1.29, 1.82) is 0 Å². The zero-order valence-electron chi connectivity index (χ0n) is 26.0. The van der Waals surface area contributed by atoms with E-state index in [2.05, 4.69) is 35.5 Å². The number of primary amides is 1. The number of halogens is 1. The second-order valence-electron chi connectivity index (χ2n) is 10.6. The first kappa shape index (κ1) is 38.9. The van der Waals surface area contributed by atoms with Gasteiger partial charge in [-0.2, -0.15) is 0 Å². The van der Waals surface area contributed by atoms with Crippen molar-refractivity contribution < 1.29 is 24.2 Å². The van der Waals surface area contributed by atoms with Gasteiger partial charge in [0.2, 0.25) is 18.2 Å². The third-order valence-electron chi connectivity index (χ3n) is 6.36. The molecule has 2 atom stereocenters. The van der Waals surface area contributed by atoms with Crippen LogP contribution in [0.5, 0.6) is 5.75 Å². The summed E-state index contributed by atoms with van der Waals surface area (Å²) in [5.41, 5.74) is 5.68. The molecule has 42 heavy (non-hydrogen) atoms. The Balaban J connectivity index is 0.00000127. The van der Waals surface area contributed by atoms with Crippen molar-refractivity contribution >= 4 is 29.8 Å². The fourth-order valence-electron chi connectivity index (χ4n) is 3.72. The van der Waals surface area contributed by atoms with Crippen LogP contribution in [-0.2, 0) is 20.8 Å². The molecule has 2 rings (SSSR count). The summed E-state index contributed by atoms with van der Waals surface area (Å²) in [4.78, 5) is 32.5. The molecule has 0 aliphatic heterocycles. The standard InChI is InChI=1S/C24H41N3O4.C7H7Cl.CH3NO/c1-6-18(2)22(23(29)25-5)27-16-17-31-20-12-8-7-10-19(20)11-9-15-26-21(28)13-14-24(3,4)30;1-6-2-4-7(8)5-3-6;2-1-3/h7-8,10,12,18,22,27,30H,6,9,11,13-17H2,1-5H3,(H,25,29)(H,26,28);2-5H,1H3;1H,(H2,2,3). The number of benzene rings is 2. The fraction of sp³-hybridized carbons (Fsp3) is 0.531. The smallest absolute Gasteiger partial charge is 0.237 e. The van der Waals surface area contributed by atoms with Crippen molar-refractivity contribution in [3.8, 4) is 5.75 Å². The second kappa shape index (κ2) is 22.5. The lowest BCUT2D eigenvalue weighted by atomic mass is 9.98. The van der Waals surface area contributed by atoms with Crippen LogP contribution in [0.2, 0.25) is 5.02 Å². The number of carbonyl (C=O) groups is 3. The lowest BCUT2D eigenvalue weighted by molar-refractivity contribution is -0.124. The molecule has 0 heterocycles. The molecule has 0 saturated heterocycles. The molecular formula is C32H51ClN4O5. The third kappa shape index (κ3) is 19.1. The maximum atomic E-state index is 12.1. The van der Waals surface area contributed by atoms with Crippen LogP contribution in [0, 0.1) is 12.8 Å². The number of para-hydroxylation sites is 1. The number of likely N-dealkylation sites (N-methyl/N-ethyl adjacent to an activating group) is 1. The Morgan fingerprint density at radius 1 is 1.12 bits per heavy atom. The lowest BCUT2D eigenvalue weighted by Crippen LogP contribution is -2.48. The molecule has 2 aromatic rings. The fourth-order valence-corrected chi connectivity index (χ4v) is 3.84. The van der Waals surface area contributed by atoms with Gasteiger partial charge in [-0.05, 0) is 69.7 Å². The number of aliphatic hydroxyl groups is 1. The van der Waals surface area contributed by atoms with E-state index in [-0.39, 0.29) is 30.2 Å². The number of carbonyl (C=O) groups excluding carboxylic acids is 3. The first-order valence-electron chi connectivity index (χ1n) is 14.4. The lowest BCUT2D eigenvalue weighted by Gasteiger charge is -2.23. The van der Waals surface area contributed by atoms with Crippen LogP contribution in [0.4, 0.5) is 0 Å². The van der Waals surface area contributed by atoms with Crippen molar-refractivity contribution in [2.24, 2.45) is 11.7 Å². The molecule has 6 N–H and O–H groups in total. The van der Waals surface area contributed by atoms with E-state index in [4.69, 9.17) is 21.1 Å². The van der Waals surface area contributed by atoms with Crippen LogP contribution >= 0.6 is 11.6 Å². The van der Waals surface area contributed by atoms with Crippen LogP contribution in [-0.4, -0.2) is 61.7 Å². The van der Waals surface area contributed by atoms with Gasteiger partial charge < -0.3 is 31.5 Å². The first-order valence-corrected chi connectivity index (χ1v) is 14.8. The topological polar surface area (TPSA) is 143 Å². The molecule has 0 radical (unpaired) electrons. The highest BCUT2D eigenvalue weighted by Gasteiger charge is 2.22. The minimum atomic E-state index is -0.822. The summed E-state index contributed by atoms with van der Waals surface area (Å²) < 4.78 is 5.96. The van der Waals surface area contributed by atoms with E-state index in [1.807, 2.05) is 55.5 Å². The number of ether oxygens (including phenoxy) is 1. The van der Waals surface area contributed by atoms with Crippen molar-refractivity contribution in [3.63, 3.8) is 0 Å². The zero-order valence-corrected chi connectivity index (χ0v) is 26.8. The van der Waals surface area contributed by atoms with Crippen molar-refractivity contribution in [3.05, 3.63) is 64.7 Å². The summed E-state index contributed by atoms with van der Waals surface area (Å²) in [7, 11) is 1.65. The van der Waals surface area contributed by atoms with E-state index in [0.717, 1.165) is 35.6 Å². The molecule has 0 spiro atoms. The Morgan fingerprint density at radius 2 is 1.74 bits per heavy atom. The number of hydrogen-bond donors (Lipinski definition) is 5. The van der Waals surface area contributed by atoms with Crippen LogP contribution < -0.4 is 26.4 Å². The number of nitrogens with two attached hydrogens (primary N) is 1. The summed E-state index contributed by atoms with van der Waals surface area (Å²) in [6, 6.07) is 15.4. The normalized spacial score (nSPS) is 11.9. The Bertz CT molecular complexity index is 1010. The predicted octanol–water partition coefficient (Wildman–Crippen LogP) is 4.17. The number of nitrogens with one attached hydrogen (secondary N) is 3. The summed E-state index contributed by atoms with van der Waals surface area (Å²) >= 11 is 5.61. The maximum Gasteiger partial charge on any atom is 0.237 e. The minimum absolute atomic E-state index is 0.000603. The van der Waals surface area contributed by atoms with E-state index in [1.165, 1.54) is 5.56 Å². The SMILES string of the molecule is CCC(C)C(NCCOc1ccccc1CCCNC(=O)CCC(C)(C)O)C(=O)NC.Cc1ccc(Cl)cc1.NC=O. The quantitative estimate of drug-likeness (QED) is 0.152. The van der Waals surface area contributed by atoms with Crippen molar-refractivity contribution in [2.45, 2.75) is 78.4 Å². The molecule has 3 amide bonds. The molecule has 0 aliphatic carbocycles. The van der Waals surface area contributed by atoms with E-state index in [9.17, 15) is 14.7 Å². The highest BCUT2D eigenvalue weighted by molar-refractivity contribution is 6.30. The summed E-state index contributed by atoms with van der Waals surface area (Å²) in [6.45, 7) is 11.2. The average Bonchev–Trinajstić information content (AvgIpc) is 2.96. The Kier molecular flexibility index (Phi) is 20.8. The van der Waals surface area contributed by atoms with Crippen LogP contribution in [0.3, 0.4) is 0 Å². The Hall–Kier alpha value is -3.14. The highest BCUT2D eigenvalue weighted by Crippen LogP contribution is 2.19. The van der Waals surface area contributed by atoms with Crippen LogP contribution in [0.25, 0.3) is 0 Å². The van der Waals surface area contributed by atoms with Crippen molar-refractivity contribution in [1.82, 2.24) is 16.0 Å². The molecule has 10 heteroatoms. The van der Waals surface area contributed by atoms with E-state index < -0.39 is 5.60 Å². The third-order valence-corrected chi connectivity index (χ3v) is 6.61. The molecule has 0 bridgehead atoms. The number of amides is 3. The molecule has 0 aromatic heterocycles. The van der Waals surface area contributed by atoms with E-state index >= 15 is 0 Å². The van der Waals surface area contributed by atoms with Gasteiger partial charge in [-0.25, -0.2) is 0 Å². The Labute approximate surface area is 256 Å². The van der Waals surface area contributed by atoms with Gasteiger partial charge in [0, 0.05) is 31.6 Å². The second-order valence-corrected chi connectivity index (χ2v) is 11.0. The molecule has 0 aliphatic rings.